The summed E-state index contributed by atoms with van der Waals surface area (Å²) in [5, 5.41) is 49.3. The Morgan fingerprint density at radius 2 is 0.790 bits per heavy atom. The summed E-state index contributed by atoms with van der Waals surface area (Å²) in [5.41, 5.74) is 4.81. The maximum Gasteiger partial charge on any atom is 0.283 e. The van der Waals surface area contributed by atoms with E-state index in [1.807, 2.05) is 95.4 Å². The third kappa shape index (κ3) is 29.6. The van der Waals surface area contributed by atoms with Crippen LogP contribution in [0, 0.1) is 24.8 Å². The number of carbonyl (C=O) groups is 8. The summed E-state index contributed by atoms with van der Waals surface area (Å²) >= 11 is 36.7. The lowest BCUT2D eigenvalue weighted by Crippen LogP contribution is -2.56. The fraction of sp³-hybridized carbons (Fsp3) is 0.153. The van der Waals surface area contributed by atoms with Crippen molar-refractivity contribution in [3.8, 4) is 17.6 Å². The van der Waals surface area contributed by atoms with Gasteiger partial charge in [0.15, 0.2) is 34.8 Å². The molecule has 5 aliphatic heterocycles. The SMILES string of the molecule is C=CCN1C(=O)/C(=C\C=C\c2ccco2)C(=O)N(CC)C1=S.C=CCN1C(=O)C(=C/C=C/c2ccco2)C(=O)N(CC=C)C1=S.CC(=Nc1ccccc1)c1c(O)[nH]c(=S)[nH]c1=O.CCN1C(=O)C(=C/C=C/c2ccco2)C(=O)N(CC)C1=S.CN1/C(=C/C=C2C(=O)NC(=S)NC2=O)C(C)(C)c2ccccc21.Cc1ccc(N=Nc2c(O)[nH]c(=S)[nH]c2=O)cc1.O=c1[nH]c(=S)[nH]c(O)c1N=Nc1ccc(I)cc1. The third-order valence-electron chi connectivity index (χ3n) is 20.1. The molecule has 4 fully saturated rings. The molecule has 37 nitrogen and oxygen atoms in total. The number of hydrogen-bond acceptors (Lipinski definition) is 30. The Labute approximate surface area is 867 Å². The average molecular weight is 2170 g/mol. The molecule has 0 radical (unpaired) electrons. The maximum absolute atomic E-state index is 12.5. The van der Waals surface area contributed by atoms with Crippen LogP contribution in [0.3, 0.4) is 0 Å². The molecule has 6 aromatic heterocycles. The molecular formula is C98H93IN20O17S7. The number of allylic oxidation sites excluding steroid dienone is 9. The predicted molar refractivity (Wildman–Crippen MR) is 575 cm³/mol. The molecule has 0 bridgehead atoms. The summed E-state index contributed by atoms with van der Waals surface area (Å²) in [7, 11) is 1.98. The lowest BCUT2D eigenvalue weighted by Gasteiger charge is -2.35. The number of nitrogens with one attached hydrogen (secondary N) is 8. The Hall–Kier alpha value is -15.9. The van der Waals surface area contributed by atoms with Gasteiger partial charge in [0.05, 0.1) is 41.6 Å². The largest absolute Gasteiger partial charge is 0.494 e. The number of benzene rings is 4. The van der Waals surface area contributed by atoms with E-state index in [-0.39, 0.29) is 123 Å². The minimum Gasteiger partial charge on any atom is -0.494 e. The van der Waals surface area contributed by atoms with Gasteiger partial charge >= 0.3 is 0 Å². The number of nitrogens with zero attached hydrogens (tertiary/aromatic N) is 12. The number of fused-ring (bicyclic) bond motifs is 1. The molecule has 45 heteroatoms. The Morgan fingerprint density at radius 3 is 1.16 bits per heavy atom. The van der Waals surface area contributed by atoms with Gasteiger partial charge in [-0.25, -0.2) is 0 Å². The van der Waals surface area contributed by atoms with Crippen LogP contribution in [-0.2, 0) is 43.8 Å². The Kier molecular flexibility index (Phi) is 41.0. The predicted octanol–water partition coefficient (Wildman–Crippen LogP) is 17.2. The molecule has 0 unspecified atom stereocenters. The van der Waals surface area contributed by atoms with E-state index in [0.717, 1.165) is 20.5 Å². The van der Waals surface area contributed by atoms with Crippen LogP contribution in [0.15, 0.2) is 326 Å². The highest BCUT2D eigenvalue weighted by atomic mass is 127. The molecule has 15 rings (SSSR count). The summed E-state index contributed by atoms with van der Waals surface area (Å²) in [5.74, 6) is -2.53. The lowest BCUT2D eigenvalue weighted by atomic mass is 9.83. The second kappa shape index (κ2) is 52.9. The van der Waals surface area contributed by atoms with Crippen molar-refractivity contribution < 1.29 is 66.9 Å². The molecule has 143 heavy (non-hydrogen) atoms. The molecule has 5 aliphatic rings. The molecule has 4 aromatic carbocycles. The summed E-state index contributed by atoms with van der Waals surface area (Å²) < 4.78 is 16.7. The van der Waals surface area contributed by atoms with Crippen LogP contribution in [0.1, 0.15) is 75.5 Å². The molecule has 11 heterocycles. The van der Waals surface area contributed by atoms with Gasteiger partial charge in [0.25, 0.3) is 63.9 Å². The van der Waals surface area contributed by atoms with Crippen molar-refractivity contribution in [1.82, 2.24) is 69.9 Å². The number of para-hydroxylation sites is 2. The number of amides is 8. The van der Waals surface area contributed by atoms with Crippen LogP contribution >= 0.6 is 108 Å². The van der Waals surface area contributed by atoms with Crippen molar-refractivity contribution in [2.75, 3.05) is 51.2 Å². The third-order valence-corrected chi connectivity index (χ3v) is 23.0. The number of aromatic hydroxyl groups is 3. The molecule has 4 saturated heterocycles. The average Bonchev–Trinajstić information content (AvgIpc) is 1.62. The number of aromatic amines is 6. The first-order chi connectivity index (χ1) is 68.3. The highest BCUT2D eigenvalue weighted by Crippen LogP contribution is 2.47. The van der Waals surface area contributed by atoms with Gasteiger partial charge in [-0.2, -0.15) is 10.2 Å². The minimum atomic E-state index is -0.592. The highest BCUT2D eigenvalue weighted by molar-refractivity contribution is 14.1. The summed E-state index contributed by atoms with van der Waals surface area (Å²) in [6.45, 7) is 26.1. The van der Waals surface area contributed by atoms with E-state index in [1.54, 1.807) is 159 Å². The van der Waals surface area contributed by atoms with Crippen LogP contribution in [0.25, 0.3) is 18.2 Å². The molecule has 11 N–H and O–H groups in total. The number of anilines is 1. The second-order valence-electron chi connectivity index (χ2n) is 30.1. The van der Waals surface area contributed by atoms with E-state index in [2.05, 4.69) is 139 Å². The normalized spacial score (nSPS) is 15.2. The van der Waals surface area contributed by atoms with Gasteiger partial charge in [-0.05, 0) is 288 Å². The van der Waals surface area contributed by atoms with Crippen molar-refractivity contribution in [1.29, 1.82) is 0 Å². The number of rotatable bonds is 22. The molecule has 10 aromatic rings. The first kappa shape index (κ1) is 111. The molecule has 0 spiro atoms. The van der Waals surface area contributed by atoms with Gasteiger partial charge in [0, 0.05) is 66.7 Å². The molecule has 8 amide bonds. The monoisotopic (exact) mass is 2170 g/mol. The molecule has 736 valence electrons. The number of hydrogen-bond donors (Lipinski definition) is 11. The zero-order chi connectivity index (χ0) is 104. The fourth-order valence-corrected chi connectivity index (χ4v) is 15.4. The van der Waals surface area contributed by atoms with Crippen LogP contribution < -0.4 is 32.2 Å². The number of H-pyrrole nitrogens is 6. The van der Waals surface area contributed by atoms with Gasteiger partial charge < -0.3 is 48.4 Å². The number of likely N-dealkylation sites (N-methyl/N-ethyl adjacent to an activating group) is 4. The van der Waals surface area contributed by atoms with E-state index in [0.29, 0.717) is 59.7 Å². The maximum atomic E-state index is 12.5. The number of aliphatic imine (C=N–C) groups is 1. The molecule has 0 aliphatic carbocycles. The van der Waals surface area contributed by atoms with E-state index >= 15 is 0 Å². The summed E-state index contributed by atoms with van der Waals surface area (Å²) in [6, 6.07) is 42.4. The van der Waals surface area contributed by atoms with E-state index in [4.69, 9.17) is 98.8 Å². The Morgan fingerprint density at radius 1 is 0.427 bits per heavy atom. The zero-order valence-corrected chi connectivity index (χ0v) is 85.5. The number of halogens is 1. The van der Waals surface area contributed by atoms with Gasteiger partial charge in [-0.3, -0.25) is 113 Å². The van der Waals surface area contributed by atoms with Crippen molar-refractivity contribution in [3.63, 3.8) is 0 Å². The number of thiocarbonyl (C=S) groups is 4. The van der Waals surface area contributed by atoms with Crippen LogP contribution in [0.5, 0.6) is 17.6 Å². The van der Waals surface area contributed by atoms with Crippen molar-refractivity contribution in [2.45, 2.75) is 53.9 Å². The minimum absolute atomic E-state index is 0.0325. The van der Waals surface area contributed by atoms with Gasteiger partial charge in [0.1, 0.15) is 45.1 Å². The number of carbonyl (C=O) groups excluding carboxylic acids is 8. The van der Waals surface area contributed by atoms with Gasteiger partial charge in [-0.1, -0.05) is 104 Å². The van der Waals surface area contributed by atoms with Crippen molar-refractivity contribution in [2.24, 2.45) is 25.4 Å². The Bertz CT molecular complexity index is 7080. The first-order valence-electron chi connectivity index (χ1n) is 42.8. The second-order valence-corrected chi connectivity index (χ2v) is 34.1. The summed E-state index contributed by atoms with van der Waals surface area (Å²) in [4.78, 5) is 162. The smallest absolute Gasteiger partial charge is 0.283 e. The standard InChI is InChI=1S/C17H17N3O2S.C17H16N2O3S.C16H16N2O3S.C15H16N2O3S.C12H11N3O2S.C11H10N4O2S.C10H7IN4O2S/c1-17(2)11-6-4-5-7-12(11)20(3)13(17)9-8-10-14(21)18-16(23)19-15(10)22;1-3-10-18-15(20)14(9-5-7-13-8-6-12-22-13)16(21)19(11-4-2)17(18)23;1-3-10-18-15(20)13(14(19)17(4-2)16(18)22)9-5-7-12-8-6-11-21-12;1-3-16-13(18)12(14(19)17(4-2)15(16)21)9-5-7-11-8-6-10-20-11;1-7(13-8-5-3-2-4-6-8)9-10(16)14-12(18)15-11(9)17;1-6-2-4-7(5-3-6)14-15-8-9(16)12-11(18)13-10(8)17;11-5-1-3-6(4-2-5)14-15-7-8(16)12-10(18)13-9(7)17/h4-9H,1-3H3,(H2,18,19,21,22,23);3-9,12H,1-2,10-11H2;3,5-9,11H,1,4,10H2,2H3;5-10H,3-4H2,1-2H3;2-6H,1H3,(H3,14,15,16,17,18);2-5H,1H3,(H3,12,13,16,17,18);1-4H,(H3,12,13,16,17,18)/b13-9+;7-5+;7-5+,13-9-;7-5+;;;. The van der Waals surface area contributed by atoms with E-state index in [9.17, 15) is 68.1 Å². The van der Waals surface area contributed by atoms with Crippen molar-refractivity contribution >= 4 is 234 Å². The van der Waals surface area contributed by atoms with Gasteiger partial charge in [-0.15, -0.1) is 30.0 Å². The Balaban J connectivity index is 0.000000186. The number of aryl methyl sites for hydroxylation is 1. The topological polar surface area (TPSA) is 491 Å². The van der Waals surface area contributed by atoms with E-state index < -0.39 is 58.0 Å². The number of furan rings is 3. The molecular weight excluding hydrogens is 2080 g/mol. The number of aromatic nitrogens is 6. The highest BCUT2D eigenvalue weighted by Gasteiger charge is 2.42. The molecule has 0 atom stereocenters. The van der Waals surface area contributed by atoms with Crippen LogP contribution in [0.2, 0.25) is 0 Å². The van der Waals surface area contributed by atoms with Crippen molar-refractivity contribution in [3.05, 3.63) is 356 Å². The lowest BCUT2D eigenvalue weighted by molar-refractivity contribution is -0.135. The fourth-order valence-electron chi connectivity index (χ4n) is 13.2. The van der Waals surface area contributed by atoms with Crippen LogP contribution in [-0.4, -0.2) is 194 Å². The zero-order valence-electron chi connectivity index (χ0n) is 77.6. The first-order valence-corrected chi connectivity index (χ1v) is 46.7. The van der Waals surface area contributed by atoms with Gasteiger partial charge in [0.2, 0.25) is 29.0 Å². The molecule has 0 saturated carbocycles. The quantitative estimate of drug-likeness (QED) is 0.00571. The number of azo groups is 2. The van der Waals surface area contributed by atoms with Crippen LogP contribution in [0.4, 0.5) is 34.1 Å². The van der Waals surface area contributed by atoms with E-state index in [1.165, 1.54) is 53.2 Å². The summed E-state index contributed by atoms with van der Waals surface area (Å²) in [6.07, 6.45) is 27.0.